The summed E-state index contributed by atoms with van der Waals surface area (Å²) in [6.45, 7) is 40.0. The van der Waals surface area contributed by atoms with Crippen molar-refractivity contribution in [2.75, 3.05) is 0 Å². The third-order valence-electron chi connectivity index (χ3n) is 7.23. The molecule has 0 aliphatic rings. The van der Waals surface area contributed by atoms with Crippen molar-refractivity contribution in [3.05, 3.63) is 24.3 Å². The average molecular weight is 677 g/mol. The summed E-state index contributed by atoms with van der Waals surface area (Å²) in [5, 5.41) is 3.16. The fourth-order valence-electron chi connectivity index (χ4n) is 5.39. The van der Waals surface area contributed by atoms with Crippen molar-refractivity contribution in [3.63, 3.8) is 0 Å². The molecule has 0 spiro atoms. The first-order valence-electron chi connectivity index (χ1n) is 15.0. The van der Waals surface area contributed by atoms with Crippen LogP contribution in [0.25, 0.3) is 0 Å². The fourth-order valence-corrected chi connectivity index (χ4v) is 38.8. The maximum atomic E-state index is 6.81. The molecule has 0 fully saturated rings. The Bertz CT molecular complexity index is 904. The zero-order valence-electron chi connectivity index (χ0n) is 28.8. The number of hydrogen-bond donors (Lipinski definition) is 0. The van der Waals surface area contributed by atoms with Crippen molar-refractivity contribution in [2.45, 2.75) is 135 Å². The molecule has 228 valence electrons. The molecule has 0 saturated carbocycles. The molecule has 0 aliphatic carbocycles. The summed E-state index contributed by atoms with van der Waals surface area (Å²) in [5.74, 6) is 0. The van der Waals surface area contributed by atoms with Crippen LogP contribution in [0.1, 0.15) is 0 Å². The Morgan fingerprint density at radius 3 is 1.23 bits per heavy atom. The van der Waals surface area contributed by atoms with E-state index in [1.807, 2.05) is 0 Å². The second kappa shape index (κ2) is 13.6. The summed E-state index contributed by atoms with van der Waals surface area (Å²) in [7, 11) is -13.3. The molecule has 1 unspecified atom stereocenters. The van der Waals surface area contributed by atoms with Gasteiger partial charge in [-0.25, -0.2) is 0 Å². The maximum Gasteiger partial charge on any atom is 0.311 e. The van der Waals surface area contributed by atoms with Gasteiger partial charge in [0.05, 0.1) is 16.1 Å². The van der Waals surface area contributed by atoms with Crippen molar-refractivity contribution in [2.24, 2.45) is 0 Å². The summed E-state index contributed by atoms with van der Waals surface area (Å²) in [6, 6.07) is 14.9. The summed E-state index contributed by atoms with van der Waals surface area (Å²) in [5.41, 5.74) is 0. The molecule has 1 aromatic rings. The SMILES string of the molecule is C[SiH](O[Si](C)(C)C)O[Si](C)(C)CC[Si](C)(C)c1ccc([Si](C)(C)CC[Si](C)(C)O[Si](C)(C)O[Si](C)(C)C)cc1. The lowest BCUT2D eigenvalue weighted by molar-refractivity contribution is 0.392. The minimum absolute atomic E-state index is 1.21. The van der Waals surface area contributed by atoms with Crippen LogP contribution in [0.4, 0.5) is 0 Å². The largest absolute Gasteiger partial charge is 0.439 e. The molecule has 4 nitrogen and oxygen atoms in total. The highest BCUT2D eigenvalue weighted by Gasteiger charge is 2.39. The quantitative estimate of drug-likeness (QED) is 0.165. The molecular weight excluding hydrogens is 613 g/mol. The van der Waals surface area contributed by atoms with Gasteiger partial charge in [0, 0.05) is 0 Å². The van der Waals surface area contributed by atoms with Crippen LogP contribution >= 0.6 is 0 Å². The van der Waals surface area contributed by atoms with Gasteiger partial charge in [-0.15, -0.1) is 0 Å². The summed E-state index contributed by atoms with van der Waals surface area (Å²) in [4.78, 5) is 0. The predicted molar refractivity (Wildman–Crippen MR) is 196 cm³/mol. The van der Waals surface area contributed by atoms with E-state index in [1.165, 1.54) is 24.2 Å². The number of hydrogen-bond acceptors (Lipinski definition) is 4. The van der Waals surface area contributed by atoms with Gasteiger partial charge in [0.2, 0.25) is 0 Å². The van der Waals surface area contributed by atoms with Gasteiger partial charge in [0.1, 0.15) is 0 Å². The molecule has 0 radical (unpaired) electrons. The molecule has 39 heavy (non-hydrogen) atoms. The zero-order chi connectivity index (χ0) is 30.7. The first kappa shape index (κ1) is 37.8. The molecule has 1 rings (SSSR count). The van der Waals surface area contributed by atoms with E-state index in [4.69, 9.17) is 16.5 Å². The molecule has 0 saturated heterocycles. The van der Waals surface area contributed by atoms with Crippen molar-refractivity contribution in [1.82, 2.24) is 0 Å². The monoisotopic (exact) mass is 676 g/mol. The molecule has 0 aliphatic heterocycles. The van der Waals surface area contributed by atoms with E-state index in [0.29, 0.717) is 0 Å². The minimum atomic E-state index is -2.09. The van der Waals surface area contributed by atoms with E-state index in [0.717, 1.165) is 0 Å². The summed E-state index contributed by atoms with van der Waals surface area (Å²) in [6.07, 6.45) is 0. The molecule has 1 aromatic carbocycles. The standard InChI is InChI=1S/C27H64O4Si8/c1-32(28-33(2,3)4)29-37(12,13)24-22-35(8,9)26-18-20-27(21-19-26)36(10,11)23-25-38(14,15)31-39(16,17)30-34(5,6)7/h18-21,32H,22-25H2,1-17H3. The first-order chi connectivity index (χ1) is 17.1. The Morgan fingerprint density at radius 1 is 0.487 bits per heavy atom. The van der Waals surface area contributed by atoms with Crippen LogP contribution in [-0.2, 0) is 16.5 Å². The van der Waals surface area contributed by atoms with E-state index in [9.17, 15) is 0 Å². The van der Waals surface area contributed by atoms with Crippen LogP contribution in [0.15, 0.2) is 24.3 Å². The van der Waals surface area contributed by atoms with Crippen molar-refractivity contribution < 1.29 is 16.5 Å². The highest BCUT2D eigenvalue weighted by Crippen LogP contribution is 2.27. The van der Waals surface area contributed by atoms with E-state index in [1.54, 1.807) is 10.4 Å². The number of benzene rings is 1. The molecular formula is C27H64O4Si8. The lowest BCUT2D eigenvalue weighted by atomic mass is 10.4. The second-order valence-electron chi connectivity index (χ2n) is 16.5. The highest BCUT2D eigenvalue weighted by atomic mass is 28.5. The van der Waals surface area contributed by atoms with Crippen LogP contribution in [0.3, 0.4) is 0 Å². The minimum Gasteiger partial charge on any atom is -0.439 e. The smallest absolute Gasteiger partial charge is 0.311 e. The Balaban J connectivity index is 2.81. The topological polar surface area (TPSA) is 36.9 Å². The Labute approximate surface area is 252 Å². The van der Waals surface area contributed by atoms with Gasteiger partial charge in [-0.05, 0) is 97.2 Å². The third kappa shape index (κ3) is 15.2. The molecule has 0 N–H and O–H groups in total. The summed E-state index contributed by atoms with van der Waals surface area (Å²) < 4.78 is 26.2. The Morgan fingerprint density at radius 2 is 0.872 bits per heavy atom. The fraction of sp³-hybridized carbons (Fsp3) is 0.778. The normalized spacial score (nSPS) is 15.5. The van der Waals surface area contributed by atoms with Gasteiger partial charge in [-0.3, -0.25) is 0 Å². The lowest BCUT2D eigenvalue weighted by Crippen LogP contribution is -2.52. The van der Waals surface area contributed by atoms with E-state index in [-0.39, 0.29) is 0 Å². The van der Waals surface area contributed by atoms with Gasteiger partial charge in [-0.1, -0.05) is 72.9 Å². The van der Waals surface area contributed by atoms with E-state index < -0.39 is 67.3 Å². The third-order valence-corrected chi connectivity index (χ3v) is 34.6. The van der Waals surface area contributed by atoms with Crippen molar-refractivity contribution in [1.29, 1.82) is 0 Å². The molecule has 0 amide bonds. The highest BCUT2D eigenvalue weighted by molar-refractivity contribution is 6.93. The van der Waals surface area contributed by atoms with E-state index >= 15 is 0 Å². The second-order valence-corrected chi connectivity index (χ2v) is 50.1. The van der Waals surface area contributed by atoms with Gasteiger partial charge in [0.25, 0.3) is 9.28 Å². The molecule has 12 heteroatoms. The Kier molecular flexibility index (Phi) is 13.2. The first-order valence-corrected chi connectivity index (χ1v) is 39.4. The molecule has 0 bridgehead atoms. The van der Waals surface area contributed by atoms with Crippen molar-refractivity contribution in [3.8, 4) is 0 Å². The number of rotatable bonds is 16. The maximum absolute atomic E-state index is 6.81. The van der Waals surface area contributed by atoms with Crippen LogP contribution in [0.2, 0.25) is 135 Å². The molecule has 0 aromatic heterocycles. The van der Waals surface area contributed by atoms with Crippen molar-refractivity contribution >= 4 is 77.6 Å². The van der Waals surface area contributed by atoms with Gasteiger partial charge in [-0.2, -0.15) is 0 Å². The van der Waals surface area contributed by atoms with Gasteiger partial charge >= 0.3 is 8.56 Å². The van der Waals surface area contributed by atoms with Crippen LogP contribution in [-0.4, -0.2) is 67.3 Å². The van der Waals surface area contributed by atoms with Gasteiger partial charge < -0.3 is 16.5 Å². The van der Waals surface area contributed by atoms with Crippen LogP contribution in [0.5, 0.6) is 0 Å². The van der Waals surface area contributed by atoms with Gasteiger partial charge in [0.15, 0.2) is 33.3 Å². The van der Waals surface area contributed by atoms with Crippen LogP contribution < -0.4 is 10.4 Å². The molecule has 0 heterocycles. The summed E-state index contributed by atoms with van der Waals surface area (Å²) >= 11 is 0. The zero-order valence-corrected chi connectivity index (χ0v) is 37.0. The van der Waals surface area contributed by atoms with E-state index in [2.05, 4.69) is 136 Å². The molecule has 1 atom stereocenters. The van der Waals surface area contributed by atoms with Crippen LogP contribution in [0, 0.1) is 0 Å². The lowest BCUT2D eigenvalue weighted by Gasteiger charge is -2.38. The Hall–Kier alpha value is 0.795. The average Bonchev–Trinajstić information content (AvgIpc) is 2.67. The predicted octanol–water partition coefficient (Wildman–Crippen LogP) is 8.22.